The Labute approximate surface area is 234 Å². The summed E-state index contributed by atoms with van der Waals surface area (Å²) < 4.78 is 15.6. The number of nitro benzene ring substituents is 1. The molecule has 2 aromatic carbocycles. The van der Waals surface area contributed by atoms with E-state index in [4.69, 9.17) is 19.5 Å². The van der Waals surface area contributed by atoms with Gasteiger partial charge in [-0.1, -0.05) is 18.6 Å². The number of likely N-dealkylation sites (N-methyl/N-ethyl adjacent to an activating group) is 1. The molecule has 0 amide bonds. The predicted molar refractivity (Wildman–Crippen MR) is 146 cm³/mol. The molecule has 1 heterocycles. The van der Waals surface area contributed by atoms with Gasteiger partial charge in [-0.25, -0.2) is 4.79 Å². The van der Waals surface area contributed by atoms with E-state index in [1.165, 1.54) is 31.4 Å². The van der Waals surface area contributed by atoms with E-state index >= 15 is 0 Å². The van der Waals surface area contributed by atoms with Crippen LogP contribution < -0.4 is 0 Å². The van der Waals surface area contributed by atoms with Crippen LogP contribution in [-0.4, -0.2) is 73.1 Å². The molecule has 1 aliphatic rings. The van der Waals surface area contributed by atoms with Gasteiger partial charge >= 0.3 is 12.1 Å². The van der Waals surface area contributed by atoms with Crippen molar-refractivity contribution >= 4 is 17.8 Å². The summed E-state index contributed by atoms with van der Waals surface area (Å²) in [6, 6.07) is 15.7. The molecule has 1 fully saturated rings. The van der Waals surface area contributed by atoms with Gasteiger partial charge in [-0.05, 0) is 63.2 Å². The number of ether oxygens (including phenoxy) is 3. The van der Waals surface area contributed by atoms with E-state index in [2.05, 4.69) is 11.0 Å². The van der Waals surface area contributed by atoms with Gasteiger partial charge < -0.3 is 23.6 Å². The first kappa shape index (κ1) is 30.5. The molecular formula is C29H37N4O7+. The Balaban J connectivity index is 1.45. The minimum absolute atomic E-state index is 0.0128. The number of rotatable bonds is 14. The Morgan fingerprint density at radius 3 is 2.20 bits per heavy atom. The predicted octanol–water partition coefficient (Wildman–Crippen LogP) is 4.53. The summed E-state index contributed by atoms with van der Waals surface area (Å²) in [5, 5.41) is 20.1. The topological polar surface area (TPSA) is 132 Å². The second kappa shape index (κ2) is 15.5. The Morgan fingerprint density at radius 1 is 0.975 bits per heavy atom. The first-order valence-corrected chi connectivity index (χ1v) is 13.5. The van der Waals surface area contributed by atoms with Gasteiger partial charge in [-0.15, -0.1) is 0 Å². The SMILES string of the molecule is C[N+](CCOC(=O)OCOC(=O)CCCN1CCCCC1)(Cc1ccc(C#N)cc1)Cc1ccc([N+](=O)[O-])cc1. The maximum Gasteiger partial charge on any atom is 0.511 e. The molecule has 11 heteroatoms. The van der Waals surface area contributed by atoms with Crippen molar-refractivity contribution in [3.8, 4) is 6.07 Å². The summed E-state index contributed by atoms with van der Waals surface area (Å²) in [6.07, 6.45) is 3.70. The highest BCUT2D eigenvalue weighted by Gasteiger charge is 2.24. The molecule has 3 rings (SSSR count). The lowest BCUT2D eigenvalue weighted by molar-refractivity contribution is -0.935. The van der Waals surface area contributed by atoms with Crippen molar-refractivity contribution in [1.82, 2.24) is 4.90 Å². The second-order valence-corrected chi connectivity index (χ2v) is 10.3. The molecule has 1 saturated heterocycles. The average molecular weight is 554 g/mol. The zero-order valence-electron chi connectivity index (χ0n) is 23.0. The van der Waals surface area contributed by atoms with E-state index in [1.807, 2.05) is 19.2 Å². The minimum atomic E-state index is -0.929. The molecule has 214 valence electrons. The quantitative estimate of drug-likeness (QED) is 0.109. The van der Waals surface area contributed by atoms with Crippen LogP contribution in [-0.2, 0) is 32.1 Å². The summed E-state index contributed by atoms with van der Waals surface area (Å²) in [5.41, 5.74) is 2.44. The number of carbonyl (C=O) groups is 2. The van der Waals surface area contributed by atoms with Crippen LogP contribution in [0.25, 0.3) is 0 Å². The Hall–Kier alpha value is -4.01. The lowest BCUT2D eigenvalue weighted by Gasteiger charge is -2.34. The molecule has 1 aliphatic heterocycles. The van der Waals surface area contributed by atoms with Crippen LogP contribution in [0.2, 0.25) is 0 Å². The normalized spacial score (nSPS) is 14.9. The third-order valence-corrected chi connectivity index (χ3v) is 6.91. The van der Waals surface area contributed by atoms with Gasteiger partial charge in [0.15, 0.2) is 0 Å². The first-order chi connectivity index (χ1) is 19.3. The molecule has 40 heavy (non-hydrogen) atoms. The average Bonchev–Trinajstić information content (AvgIpc) is 2.94. The molecule has 0 bridgehead atoms. The van der Waals surface area contributed by atoms with Crippen molar-refractivity contribution in [1.29, 1.82) is 5.26 Å². The van der Waals surface area contributed by atoms with Gasteiger partial charge in [0.1, 0.15) is 26.2 Å². The molecule has 2 aromatic rings. The molecule has 0 spiro atoms. The lowest BCUT2D eigenvalue weighted by atomic mass is 10.1. The molecule has 1 atom stereocenters. The molecule has 0 aliphatic carbocycles. The van der Waals surface area contributed by atoms with Crippen LogP contribution in [0, 0.1) is 21.4 Å². The minimum Gasteiger partial charge on any atom is -0.428 e. The number of nitriles is 1. The number of likely N-dealkylation sites (tertiary alicyclic amines) is 1. The number of esters is 1. The summed E-state index contributed by atoms with van der Waals surface area (Å²) >= 11 is 0. The molecule has 0 aromatic heterocycles. The van der Waals surface area contributed by atoms with Crippen LogP contribution in [0.5, 0.6) is 0 Å². The van der Waals surface area contributed by atoms with Crippen molar-refractivity contribution in [2.24, 2.45) is 0 Å². The number of hydrogen-bond donors (Lipinski definition) is 0. The highest BCUT2D eigenvalue weighted by atomic mass is 16.8. The number of carbonyl (C=O) groups excluding carboxylic acids is 2. The summed E-state index contributed by atoms with van der Waals surface area (Å²) in [5.74, 6) is -0.417. The van der Waals surface area contributed by atoms with E-state index < -0.39 is 23.8 Å². The fraction of sp³-hybridized carbons (Fsp3) is 0.483. The molecule has 0 N–H and O–H groups in total. The third-order valence-electron chi connectivity index (χ3n) is 6.91. The maximum atomic E-state index is 12.1. The van der Waals surface area contributed by atoms with Crippen molar-refractivity contribution < 1.29 is 33.2 Å². The van der Waals surface area contributed by atoms with Gasteiger partial charge in [-0.3, -0.25) is 14.9 Å². The number of piperidine rings is 1. The van der Waals surface area contributed by atoms with E-state index in [0.717, 1.165) is 30.8 Å². The Morgan fingerprint density at radius 2 is 1.60 bits per heavy atom. The van der Waals surface area contributed by atoms with Gasteiger partial charge in [0.2, 0.25) is 6.79 Å². The summed E-state index contributed by atoms with van der Waals surface area (Å²) in [6.45, 7) is 4.05. The van der Waals surface area contributed by atoms with Crippen LogP contribution in [0.15, 0.2) is 48.5 Å². The largest absolute Gasteiger partial charge is 0.511 e. The Kier molecular flexibility index (Phi) is 11.9. The van der Waals surface area contributed by atoms with Crippen LogP contribution in [0.4, 0.5) is 10.5 Å². The monoisotopic (exact) mass is 553 g/mol. The van der Waals surface area contributed by atoms with E-state index in [9.17, 15) is 19.7 Å². The van der Waals surface area contributed by atoms with Gasteiger partial charge in [-0.2, -0.15) is 5.26 Å². The second-order valence-electron chi connectivity index (χ2n) is 10.3. The first-order valence-electron chi connectivity index (χ1n) is 13.5. The molecule has 0 radical (unpaired) electrons. The molecular weight excluding hydrogens is 516 g/mol. The van der Waals surface area contributed by atoms with Crippen molar-refractivity contribution in [3.63, 3.8) is 0 Å². The number of benzene rings is 2. The van der Waals surface area contributed by atoms with Gasteiger partial charge in [0.05, 0.1) is 23.6 Å². The third kappa shape index (κ3) is 10.6. The van der Waals surface area contributed by atoms with Gasteiger partial charge in [0.25, 0.3) is 5.69 Å². The highest BCUT2D eigenvalue weighted by Crippen LogP contribution is 2.20. The fourth-order valence-electron chi connectivity index (χ4n) is 4.74. The summed E-state index contributed by atoms with van der Waals surface area (Å²) in [4.78, 5) is 36.9. The highest BCUT2D eigenvalue weighted by molar-refractivity contribution is 5.69. The maximum absolute atomic E-state index is 12.1. The van der Waals surface area contributed by atoms with E-state index in [1.54, 1.807) is 24.3 Å². The van der Waals surface area contributed by atoms with Crippen LogP contribution >= 0.6 is 0 Å². The van der Waals surface area contributed by atoms with Crippen molar-refractivity contribution in [3.05, 3.63) is 75.3 Å². The van der Waals surface area contributed by atoms with Crippen molar-refractivity contribution in [2.75, 3.05) is 46.6 Å². The zero-order valence-corrected chi connectivity index (χ0v) is 23.0. The molecule has 11 nitrogen and oxygen atoms in total. The fourth-order valence-corrected chi connectivity index (χ4v) is 4.74. The van der Waals surface area contributed by atoms with Crippen LogP contribution in [0.3, 0.4) is 0 Å². The number of quaternary nitrogens is 1. The summed E-state index contributed by atoms with van der Waals surface area (Å²) in [7, 11) is 1.99. The number of nitro groups is 1. The van der Waals surface area contributed by atoms with Crippen LogP contribution in [0.1, 0.15) is 48.8 Å². The zero-order chi connectivity index (χ0) is 28.8. The smallest absolute Gasteiger partial charge is 0.428 e. The van der Waals surface area contributed by atoms with E-state index in [0.29, 0.717) is 36.1 Å². The van der Waals surface area contributed by atoms with Gasteiger partial charge in [0, 0.05) is 29.7 Å². The van der Waals surface area contributed by atoms with E-state index in [-0.39, 0.29) is 18.7 Å². The lowest BCUT2D eigenvalue weighted by Crippen LogP contribution is -2.45. The molecule has 1 unspecified atom stereocenters. The van der Waals surface area contributed by atoms with Crippen molar-refractivity contribution in [2.45, 2.75) is 45.2 Å². The number of non-ortho nitro benzene ring substituents is 1. The Bertz CT molecular complexity index is 1160. The standard InChI is InChI=1S/C29H37N4O7/c1-33(21-25-9-7-24(20-30)8-10-25,22-26-11-13-27(14-12-26)32(36)37)18-19-38-29(35)40-23-39-28(34)6-5-17-31-15-3-2-4-16-31/h7-14H,2-6,15-19,21-23H2,1H3/q+1. The molecule has 0 saturated carbocycles. The number of hydrogen-bond acceptors (Lipinski definition) is 9. The number of nitrogens with zero attached hydrogens (tertiary/aromatic N) is 4.